The number of likely N-dealkylation sites (N-methyl/N-ethyl adjacent to an activating group) is 1. The lowest BCUT2D eigenvalue weighted by molar-refractivity contribution is 0.273. The minimum absolute atomic E-state index is 0.562. The van der Waals surface area contributed by atoms with Crippen LogP contribution in [0.5, 0.6) is 0 Å². The molecule has 5 nitrogen and oxygen atoms in total. The molecule has 24 heavy (non-hydrogen) atoms. The number of aromatic amines is 1. The first-order valence-electron chi connectivity index (χ1n) is 9.02. The van der Waals surface area contributed by atoms with Crippen molar-refractivity contribution in [2.45, 2.75) is 39.2 Å². The predicted molar refractivity (Wildman–Crippen MR) is 102 cm³/mol. The van der Waals surface area contributed by atoms with Crippen molar-refractivity contribution in [3.8, 4) is 0 Å². The molecular formula is C19H29N5. The van der Waals surface area contributed by atoms with E-state index >= 15 is 0 Å². The van der Waals surface area contributed by atoms with Gasteiger partial charge in [0, 0.05) is 29.7 Å². The lowest BCUT2D eigenvalue weighted by Crippen LogP contribution is -2.36. The fourth-order valence-electron chi connectivity index (χ4n) is 3.67. The summed E-state index contributed by atoms with van der Waals surface area (Å²) in [6, 6.07) is 6.98. The summed E-state index contributed by atoms with van der Waals surface area (Å²) in [5.74, 6) is 0.564. The molecule has 1 saturated heterocycles. The molecular weight excluding hydrogens is 298 g/mol. The van der Waals surface area contributed by atoms with Crippen LogP contribution < -0.4 is 11.1 Å². The van der Waals surface area contributed by atoms with Crippen molar-refractivity contribution in [1.82, 2.24) is 15.2 Å². The number of hydrogen-bond donors (Lipinski definition) is 3. The molecule has 1 aliphatic rings. The molecule has 2 aromatic rings. The Labute approximate surface area is 144 Å². The van der Waals surface area contributed by atoms with Gasteiger partial charge in [-0.15, -0.1) is 0 Å². The number of nitrogens with two attached hydrogens (primary N) is 1. The van der Waals surface area contributed by atoms with Crippen LogP contribution in [0, 0.1) is 6.92 Å². The van der Waals surface area contributed by atoms with Crippen molar-refractivity contribution in [2.24, 2.45) is 10.7 Å². The summed E-state index contributed by atoms with van der Waals surface area (Å²) < 4.78 is 0. The molecule has 1 atom stereocenters. The third kappa shape index (κ3) is 3.73. The lowest BCUT2D eigenvalue weighted by Gasteiger charge is -2.20. The molecule has 0 saturated carbocycles. The minimum Gasteiger partial charge on any atom is -0.370 e. The van der Waals surface area contributed by atoms with E-state index in [-0.39, 0.29) is 0 Å². The number of benzene rings is 1. The molecule has 1 aromatic carbocycles. The highest BCUT2D eigenvalue weighted by Gasteiger charge is 2.22. The second-order valence-corrected chi connectivity index (χ2v) is 6.64. The zero-order valence-electron chi connectivity index (χ0n) is 14.8. The number of guanidine groups is 1. The summed E-state index contributed by atoms with van der Waals surface area (Å²) >= 11 is 0. The highest BCUT2D eigenvalue weighted by molar-refractivity contribution is 5.86. The van der Waals surface area contributed by atoms with E-state index in [4.69, 9.17) is 5.73 Å². The predicted octanol–water partition coefficient (Wildman–Crippen LogP) is 2.41. The fraction of sp³-hybridized carbons (Fsp3) is 0.526. The van der Waals surface area contributed by atoms with E-state index in [9.17, 15) is 0 Å². The molecule has 1 fully saturated rings. The van der Waals surface area contributed by atoms with Gasteiger partial charge in [-0.25, -0.2) is 0 Å². The Morgan fingerprint density at radius 1 is 1.46 bits per heavy atom. The van der Waals surface area contributed by atoms with E-state index in [0.29, 0.717) is 12.0 Å². The monoisotopic (exact) mass is 327 g/mol. The number of nitrogens with zero attached hydrogens (tertiary/aromatic N) is 2. The van der Waals surface area contributed by atoms with Gasteiger partial charge in [-0.2, -0.15) is 0 Å². The molecule has 3 rings (SSSR count). The van der Waals surface area contributed by atoms with Gasteiger partial charge in [0.1, 0.15) is 0 Å². The number of aryl methyl sites for hydroxylation is 1. The average Bonchev–Trinajstić information content (AvgIpc) is 3.20. The lowest BCUT2D eigenvalue weighted by atomic mass is 10.1. The van der Waals surface area contributed by atoms with Crippen LogP contribution in [0.15, 0.2) is 29.4 Å². The van der Waals surface area contributed by atoms with Crippen molar-refractivity contribution in [1.29, 1.82) is 0 Å². The highest BCUT2D eigenvalue weighted by Crippen LogP contribution is 2.21. The molecule has 0 radical (unpaired) electrons. The van der Waals surface area contributed by atoms with Gasteiger partial charge >= 0.3 is 0 Å². The molecule has 5 heteroatoms. The topological polar surface area (TPSA) is 69.4 Å². The molecule has 130 valence electrons. The fourth-order valence-corrected chi connectivity index (χ4v) is 3.67. The molecule has 0 aliphatic carbocycles. The number of nitrogens with one attached hydrogen (secondary N) is 2. The number of aliphatic imine (C=N–C) groups is 1. The van der Waals surface area contributed by atoms with E-state index in [0.717, 1.165) is 26.1 Å². The van der Waals surface area contributed by atoms with Crippen molar-refractivity contribution in [3.63, 3.8) is 0 Å². The van der Waals surface area contributed by atoms with Gasteiger partial charge in [0.25, 0.3) is 0 Å². The van der Waals surface area contributed by atoms with Crippen LogP contribution in [0.3, 0.4) is 0 Å². The number of fused-ring (bicyclic) bond motifs is 1. The number of likely N-dealkylation sites (tertiary alicyclic amines) is 1. The van der Waals surface area contributed by atoms with Crippen molar-refractivity contribution < 1.29 is 0 Å². The Morgan fingerprint density at radius 2 is 2.33 bits per heavy atom. The Kier molecular flexibility index (Phi) is 5.41. The molecule has 2 heterocycles. The number of H-pyrrole nitrogens is 1. The minimum atomic E-state index is 0.562. The third-order valence-electron chi connectivity index (χ3n) is 5.09. The van der Waals surface area contributed by atoms with E-state index in [1.807, 2.05) is 0 Å². The maximum absolute atomic E-state index is 6.03. The Balaban J connectivity index is 1.50. The molecule has 4 N–H and O–H groups in total. The normalized spacial score (nSPS) is 19.2. The highest BCUT2D eigenvalue weighted by atomic mass is 15.2. The molecule has 0 bridgehead atoms. The summed E-state index contributed by atoms with van der Waals surface area (Å²) in [6.45, 7) is 8.26. The Bertz CT molecular complexity index is 703. The van der Waals surface area contributed by atoms with Crippen LogP contribution in [0.1, 0.15) is 30.9 Å². The van der Waals surface area contributed by atoms with Gasteiger partial charge in [0.2, 0.25) is 0 Å². The summed E-state index contributed by atoms with van der Waals surface area (Å²) in [4.78, 5) is 10.4. The molecule has 0 amide bonds. The first kappa shape index (κ1) is 16.8. The largest absolute Gasteiger partial charge is 0.370 e. The number of rotatable bonds is 6. The van der Waals surface area contributed by atoms with E-state index in [1.54, 1.807) is 0 Å². The first-order chi connectivity index (χ1) is 11.7. The maximum Gasteiger partial charge on any atom is 0.188 e. The van der Waals surface area contributed by atoms with Crippen LogP contribution in [0.2, 0.25) is 0 Å². The molecule has 1 aromatic heterocycles. The van der Waals surface area contributed by atoms with Crippen molar-refractivity contribution in [2.75, 3.05) is 26.2 Å². The molecule has 0 spiro atoms. The summed E-state index contributed by atoms with van der Waals surface area (Å²) in [5, 5.41) is 4.56. The third-order valence-corrected chi connectivity index (χ3v) is 5.09. The van der Waals surface area contributed by atoms with Crippen molar-refractivity contribution >= 4 is 16.9 Å². The molecule has 1 unspecified atom stereocenters. The van der Waals surface area contributed by atoms with E-state index < -0.39 is 0 Å². The standard InChI is InChI=1S/C19H29N5/c1-3-24-11-5-7-16(24)13-23-19(20)21-10-9-15-12-22-18-14(2)6-4-8-17(15)18/h4,6,8,12,16,22H,3,5,7,9-11,13H2,1-2H3,(H3,20,21,23). The van der Waals surface area contributed by atoms with Gasteiger partial charge in [-0.05, 0) is 50.4 Å². The van der Waals surface area contributed by atoms with Crippen LogP contribution in [-0.4, -0.2) is 48.1 Å². The van der Waals surface area contributed by atoms with E-state index in [1.165, 1.54) is 41.4 Å². The molecule has 1 aliphatic heterocycles. The van der Waals surface area contributed by atoms with Gasteiger partial charge < -0.3 is 16.0 Å². The first-order valence-corrected chi connectivity index (χ1v) is 9.02. The second-order valence-electron chi connectivity index (χ2n) is 6.64. The van der Waals surface area contributed by atoms with Gasteiger partial charge in [-0.1, -0.05) is 25.1 Å². The Morgan fingerprint density at radius 3 is 3.17 bits per heavy atom. The second kappa shape index (κ2) is 7.71. The summed E-state index contributed by atoms with van der Waals surface area (Å²) in [5.41, 5.74) is 9.86. The van der Waals surface area contributed by atoms with Gasteiger partial charge in [-0.3, -0.25) is 9.89 Å². The van der Waals surface area contributed by atoms with Crippen LogP contribution in [0.4, 0.5) is 0 Å². The maximum atomic E-state index is 6.03. The van der Waals surface area contributed by atoms with Crippen LogP contribution >= 0.6 is 0 Å². The summed E-state index contributed by atoms with van der Waals surface area (Å²) in [7, 11) is 0. The SMILES string of the molecule is CCN1CCCC1CN=C(N)NCCc1c[nH]c2c(C)cccc12. The zero-order valence-corrected chi connectivity index (χ0v) is 14.8. The van der Waals surface area contributed by atoms with Crippen LogP contribution in [-0.2, 0) is 6.42 Å². The number of para-hydroxylation sites is 1. The Hall–Kier alpha value is -2.01. The zero-order chi connectivity index (χ0) is 16.9. The van der Waals surface area contributed by atoms with E-state index in [2.05, 4.69) is 58.4 Å². The average molecular weight is 327 g/mol. The number of hydrogen-bond acceptors (Lipinski definition) is 2. The number of aromatic nitrogens is 1. The van der Waals surface area contributed by atoms with Crippen molar-refractivity contribution in [3.05, 3.63) is 35.5 Å². The summed E-state index contributed by atoms with van der Waals surface area (Å²) in [6.07, 6.45) is 5.55. The smallest absolute Gasteiger partial charge is 0.188 e. The van der Waals surface area contributed by atoms with Gasteiger partial charge in [0.15, 0.2) is 5.96 Å². The van der Waals surface area contributed by atoms with Gasteiger partial charge in [0.05, 0.1) is 6.54 Å². The van der Waals surface area contributed by atoms with Crippen LogP contribution in [0.25, 0.3) is 10.9 Å². The quantitative estimate of drug-likeness (QED) is 0.564.